The van der Waals surface area contributed by atoms with Crippen molar-refractivity contribution < 1.29 is 13.2 Å². The Morgan fingerprint density at radius 2 is 2.10 bits per heavy atom. The van der Waals surface area contributed by atoms with E-state index in [1.807, 2.05) is 12.1 Å². The van der Waals surface area contributed by atoms with E-state index in [4.69, 9.17) is 16.3 Å². The lowest BCUT2D eigenvalue weighted by Crippen LogP contribution is -2.41. The van der Waals surface area contributed by atoms with Gasteiger partial charge in [0.05, 0.1) is 16.0 Å². The van der Waals surface area contributed by atoms with Crippen LogP contribution in [0.5, 0.6) is 5.19 Å². The maximum Gasteiger partial charge on any atom is 0.274 e. The summed E-state index contributed by atoms with van der Waals surface area (Å²) in [5, 5.41) is 1.21. The quantitative estimate of drug-likeness (QED) is 0.857. The van der Waals surface area contributed by atoms with Crippen LogP contribution in [-0.2, 0) is 10.0 Å². The Bertz CT molecular complexity index is 752. The second-order valence-electron chi connectivity index (χ2n) is 5.05. The van der Waals surface area contributed by atoms with Gasteiger partial charge >= 0.3 is 0 Å². The summed E-state index contributed by atoms with van der Waals surface area (Å²) in [5.74, 6) is 0. The summed E-state index contributed by atoms with van der Waals surface area (Å²) in [5.41, 5.74) is 0.757. The molecule has 0 unspecified atom stereocenters. The number of piperidine rings is 1. The number of aromatic nitrogens is 1. The molecule has 0 bridgehead atoms. The number of halogens is 1. The molecule has 21 heavy (non-hydrogen) atoms. The first-order valence-electron chi connectivity index (χ1n) is 6.60. The summed E-state index contributed by atoms with van der Waals surface area (Å²) >= 11 is 7.56. The van der Waals surface area contributed by atoms with E-state index in [2.05, 4.69) is 4.98 Å². The average molecular weight is 347 g/mol. The molecule has 1 aromatic heterocycles. The molecule has 0 radical (unpaired) electrons. The molecule has 114 valence electrons. The van der Waals surface area contributed by atoms with Gasteiger partial charge in [-0.25, -0.2) is 17.7 Å². The van der Waals surface area contributed by atoms with Gasteiger partial charge in [0.1, 0.15) is 11.6 Å². The van der Waals surface area contributed by atoms with Crippen molar-refractivity contribution in [3.05, 3.63) is 23.2 Å². The van der Waals surface area contributed by atoms with E-state index in [0.29, 0.717) is 36.1 Å². The van der Waals surface area contributed by atoms with Gasteiger partial charge in [0, 0.05) is 13.1 Å². The number of hydrogen-bond acceptors (Lipinski definition) is 5. The fourth-order valence-electron chi connectivity index (χ4n) is 2.37. The zero-order valence-electron chi connectivity index (χ0n) is 11.5. The normalized spacial score (nSPS) is 18.2. The lowest BCUT2D eigenvalue weighted by molar-refractivity contribution is 0.135. The van der Waals surface area contributed by atoms with Crippen molar-refractivity contribution >= 4 is 43.2 Å². The molecule has 0 atom stereocenters. The molecular formula is C13H15ClN2O3S2. The Labute approximate surface area is 132 Å². The van der Waals surface area contributed by atoms with E-state index in [9.17, 15) is 8.42 Å². The second-order valence-corrected chi connectivity index (χ2v) is 8.43. The van der Waals surface area contributed by atoms with Gasteiger partial charge in [0.2, 0.25) is 10.0 Å². The topological polar surface area (TPSA) is 59.5 Å². The SMILES string of the molecule is CS(=O)(=O)N1CCC(Oc2nc3c(Cl)cccc3s2)CC1. The molecule has 0 N–H and O–H groups in total. The van der Waals surface area contributed by atoms with Crippen LogP contribution >= 0.6 is 22.9 Å². The molecule has 1 aliphatic heterocycles. The highest BCUT2D eigenvalue weighted by molar-refractivity contribution is 7.88. The Kier molecular flexibility index (Phi) is 4.09. The number of fused-ring (bicyclic) bond motifs is 1. The zero-order chi connectivity index (χ0) is 15.0. The maximum atomic E-state index is 11.5. The van der Waals surface area contributed by atoms with E-state index in [1.54, 1.807) is 6.07 Å². The summed E-state index contributed by atoms with van der Waals surface area (Å²) in [6.07, 6.45) is 2.60. The van der Waals surface area contributed by atoms with Crippen molar-refractivity contribution in [2.24, 2.45) is 0 Å². The monoisotopic (exact) mass is 346 g/mol. The Balaban J connectivity index is 1.68. The molecular weight excluding hydrogens is 332 g/mol. The number of nitrogens with zero attached hydrogens (tertiary/aromatic N) is 2. The first-order chi connectivity index (χ1) is 9.93. The smallest absolute Gasteiger partial charge is 0.274 e. The van der Waals surface area contributed by atoms with Crippen molar-refractivity contribution in [3.63, 3.8) is 0 Å². The number of benzene rings is 1. The molecule has 3 rings (SSSR count). The third kappa shape index (κ3) is 3.31. The largest absolute Gasteiger partial charge is 0.467 e. The van der Waals surface area contributed by atoms with Gasteiger partial charge in [-0.2, -0.15) is 0 Å². The Hall–Kier alpha value is -0.890. The molecule has 5 nitrogen and oxygen atoms in total. The fourth-order valence-corrected chi connectivity index (χ4v) is 4.42. The minimum atomic E-state index is -3.10. The first-order valence-corrected chi connectivity index (χ1v) is 9.64. The highest BCUT2D eigenvalue weighted by atomic mass is 35.5. The Morgan fingerprint density at radius 1 is 1.38 bits per heavy atom. The van der Waals surface area contributed by atoms with Crippen molar-refractivity contribution in [1.29, 1.82) is 0 Å². The zero-order valence-corrected chi connectivity index (χ0v) is 13.8. The molecule has 0 aliphatic carbocycles. The van der Waals surface area contributed by atoms with E-state index in [0.717, 1.165) is 10.2 Å². The van der Waals surface area contributed by atoms with E-state index < -0.39 is 10.0 Å². The molecule has 1 aromatic carbocycles. The predicted molar refractivity (Wildman–Crippen MR) is 84.7 cm³/mol. The average Bonchev–Trinajstić information content (AvgIpc) is 2.82. The summed E-state index contributed by atoms with van der Waals surface area (Å²) in [6.45, 7) is 0.990. The Morgan fingerprint density at radius 3 is 2.71 bits per heavy atom. The molecule has 0 amide bonds. The number of thiazole rings is 1. The standard InChI is InChI=1S/C13H15ClN2O3S2/c1-21(17,18)16-7-5-9(6-8-16)19-13-15-12-10(14)3-2-4-11(12)20-13/h2-4,9H,5-8H2,1H3. The van der Waals surface area contributed by atoms with Gasteiger partial charge in [0.25, 0.3) is 5.19 Å². The van der Waals surface area contributed by atoms with Crippen LogP contribution in [0.1, 0.15) is 12.8 Å². The van der Waals surface area contributed by atoms with Gasteiger partial charge in [0.15, 0.2) is 0 Å². The molecule has 0 saturated carbocycles. The number of para-hydroxylation sites is 1. The van der Waals surface area contributed by atoms with Gasteiger partial charge < -0.3 is 4.74 Å². The third-order valence-corrected chi connectivity index (χ3v) is 6.01. The fraction of sp³-hybridized carbons (Fsp3) is 0.462. The molecule has 1 saturated heterocycles. The second kappa shape index (κ2) is 5.72. The van der Waals surface area contributed by atoms with Crippen LogP contribution in [0.2, 0.25) is 5.02 Å². The van der Waals surface area contributed by atoms with Crippen molar-refractivity contribution in [3.8, 4) is 5.19 Å². The summed E-state index contributed by atoms with van der Waals surface area (Å²) in [6, 6.07) is 5.65. The number of sulfonamides is 1. The molecule has 1 fully saturated rings. The summed E-state index contributed by atoms with van der Waals surface area (Å²) in [4.78, 5) is 4.41. The van der Waals surface area contributed by atoms with E-state index in [1.165, 1.54) is 21.9 Å². The third-order valence-electron chi connectivity index (χ3n) is 3.49. The summed E-state index contributed by atoms with van der Waals surface area (Å²) in [7, 11) is -3.10. The highest BCUT2D eigenvalue weighted by Gasteiger charge is 2.26. The predicted octanol–water partition coefficient (Wildman–Crippen LogP) is 2.75. The van der Waals surface area contributed by atoms with Crippen LogP contribution in [0.15, 0.2) is 18.2 Å². The molecule has 8 heteroatoms. The summed E-state index contributed by atoms with van der Waals surface area (Å²) < 4.78 is 31.3. The number of ether oxygens (including phenoxy) is 1. The minimum Gasteiger partial charge on any atom is -0.467 e. The van der Waals surface area contributed by atoms with Crippen molar-refractivity contribution in [1.82, 2.24) is 9.29 Å². The minimum absolute atomic E-state index is 0.00216. The van der Waals surface area contributed by atoms with Gasteiger partial charge in [-0.1, -0.05) is 29.0 Å². The van der Waals surface area contributed by atoms with E-state index >= 15 is 0 Å². The molecule has 0 spiro atoms. The number of rotatable bonds is 3. The first kappa shape index (κ1) is 15.0. The van der Waals surface area contributed by atoms with E-state index in [-0.39, 0.29) is 6.10 Å². The van der Waals surface area contributed by atoms with Crippen LogP contribution in [0.3, 0.4) is 0 Å². The lowest BCUT2D eigenvalue weighted by atomic mass is 10.1. The molecule has 1 aliphatic rings. The van der Waals surface area contributed by atoms with Crippen LogP contribution in [0, 0.1) is 0 Å². The van der Waals surface area contributed by atoms with Crippen molar-refractivity contribution in [2.45, 2.75) is 18.9 Å². The van der Waals surface area contributed by atoms with Gasteiger partial charge in [-0.3, -0.25) is 0 Å². The van der Waals surface area contributed by atoms with Crippen LogP contribution in [-0.4, -0.2) is 43.2 Å². The van der Waals surface area contributed by atoms with Gasteiger partial charge in [-0.15, -0.1) is 0 Å². The van der Waals surface area contributed by atoms with Gasteiger partial charge in [-0.05, 0) is 25.0 Å². The number of hydrogen-bond donors (Lipinski definition) is 0. The van der Waals surface area contributed by atoms with Crippen molar-refractivity contribution in [2.75, 3.05) is 19.3 Å². The lowest BCUT2D eigenvalue weighted by Gasteiger charge is -2.29. The van der Waals surface area contributed by atoms with Crippen LogP contribution in [0.4, 0.5) is 0 Å². The molecule has 2 aromatic rings. The maximum absolute atomic E-state index is 11.5. The van der Waals surface area contributed by atoms with Crippen LogP contribution in [0.25, 0.3) is 10.2 Å². The molecule has 2 heterocycles. The van der Waals surface area contributed by atoms with Crippen LogP contribution < -0.4 is 4.74 Å². The highest BCUT2D eigenvalue weighted by Crippen LogP contribution is 2.33.